The molecule has 1 aliphatic heterocycles. The van der Waals surface area contributed by atoms with Gasteiger partial charge in [-0.15, -0.1) is 0 Å². The molecule has 1 atom stereocenters. The number of aromatic nitrogens is 2. The first kappa shape index (κ1) is 21.7. The lowest BCUT2D eigenvalue weighted by Gasteiger charge is -2.11. The summed E-state index contributed by atoms with van der Waals surface area (Å²) in [6.45, 7) is 1.63. The van der Waals surface area contributed by atoms with Crippen LogP contribution in [0.5, 0.6) is 0 Å². The average Bonchev–Trinajstić information content (AvgIpc) is 3.39. The van der Waals surface area contributed by atoms with E-state index >= 15 is 0 Å². The second-order valence-corrected chi connectivity index (χ2v) is 8.34. The molecule has 5 nitrogen and oxygen atoms in total. The van der Waals surface area contributed by atoms with Gasteiger partial charge in [0.15, 0.2) is 5.16 Å². The monoisotopic (exact) mass is 449 g/mol. The molecule has 3 aromatic rings. The van der Waals surface area contributed by atoms with Crippen molar-refractivity contribution in [2.45, 2.75) is 36.8 Å². The van der Waals surface area contributed by atoms with Gasteiger partial charge in [-0.2, -0.15) is 13.2 Å². The zero-order valence-corrected chi connectivity index (χ0v) is 17.5. The molecule has 0 unspecified atom stereocenters. The number of amides is 1. The lowest BCUT2D eigenvalue weighted by Crippen LogP contribution is -2.32. The predicted octanol–water partition coefficient (Wildman–Crippen LogP) is 4.49. The quantitative estimate of drug-likeness (QED) is 0.540. The molecule has 0 saturated carbocycles. The average molecular weight is 449 g/mol. The molecule has 2 heterocycles. The number of fused-ring (bicyclic) bond motifs is 1. The van der Waals surface area contributed by atoms with E-state index in [9.17, 15) is 18.0 Å². The SMILES string of the molecule is O=C(CSc1nc2cc(C(F)(F)F)ccc2n1Cc1ccccc1)NC[C@H]1CCCO1. The molecule has 4 rings (SSSR count). The van der Waals surface area contributed by atoms with Gasteiger partial charge in [-0.05, 0) is 36.6 Å². The Labute approximate surface area is 182 Å². The van der Waals surface area contributed by atoms with Crippen LogP contribution >= 0.6 is 11.8 Å². The van der Waals surface area contributed by atoms with Crippen molar-refractivity contribution in [1.82, 2.24) is 14.9 Å². The Morgan fingerprint density at radius 1 is 1.23 bits per heavy atom. The van der Waals surface area contributed by atoms with Gasteiger partial charge in [0.25, 0.3) is 0 Å². The smallest absolute Gasteiger partial charge is 0.376 e. The van der Waals surface area contributed by atoms with Crippen molar-refractivity contribution < 1.29 is 22.7 Å². The molecule has 9 heteroatoms. The van der Waals surface area contributed by atoms with Gasteiger partial charge in [-0.3, -0.25) is 4.79 Å². The summed E-state index contributed by atoms with van der Waals surface area (Å²) in [4.78, 5) is 16.7. The fourth-order valence-corrected chi connectivity index (χ4v) is 4.37. The fourth-order valence-electron chi connectivity index (χ4n) is 3.53. The molecule has 1 amide bonds. The lowest BCUT2D eigenvalue weighted by atomic mass is 10.2. The molecule has 1 aliphatic rings. The minimum atomic E-state index is -4.44. The normalized spacial score (nSPS) is 16.7. The second kappa shape index (κ2) is 9.32. The number of nitrogens with zero attached hydrogens (tertiary/aromatic N) is 2. The van der Waals surface area contributed by atoms with Crippen LogP contribution in [0, 0.1) is 0 Å². The van der Waals surface area contributed by atoms with Crippen LogP contribution in [0.1, 0.15) is 24.0 Å². The summed E-state index contributed by atoms with van der Waals surface area (Å²) in [7, 11) is 0. The second-order valence-electron chi connectivity index (χ2n) is 7.40. The molecular formula is C22H22F3N3O2S. The number of hydrogen-bond acceptors (Lipinski definition) is 4. The maximum Gasteiger partial charge on any atom is 0.416 e. The maximum absolute atomic E-state index is 13.1. The van der Waals surface area contributed by atoms with Crippen molar-refractivity contribution in [3.05, 3.63) is 59.7 Å². The summed E-state index contributed by atoms with van der Waals surface area (Å²) in [6.07, 6.45) is -2.45. The molecule has 0 spiro atoms. The molecule has 1 fully saturated rings. The number of alkyl halides is 3. The molecule has 0 bridgehead atoms. The van der Waals surface area contributed by atoms with E-state index in [0.717, 1.165) is 37.1 Å². The van der Waals surface area contributed by atoms with Gasteiger partial charge in [0, 0.05) is 13.2 Å². The third-order valence-electron chi connectivity index (χ3n) is 5.11. The van der Waals surface area contributed by atoms with Crippen LogP contribution in [0.25, 0.3) is 11.0 Å². The summed E-state index contributed by atoms with van der Waals surface area (Å²) >= 11 is 1.21. The largest absolute Gasteiger partial charge is 0.416 e. The van der Waals surface area contributed by atoms with Crippen molar-refractivity contribution in [2.24, 2.45) is 0 Å². The van der Waals surface area contributed by atoms with E-state index < -0.39 is 11.7 Å². The Balaban J connectivity index is 1.54. The topological polar surface area (TPSA) is 56.2 Å². The van der Waals surface area contributed by atoms with Crippen molar-refractivity contribution >= 4 is 28.7 Å². The highest BCUT2D eigenvalue weighted by Crippen LogP contribution is 2.33. The van der Waals surface area contributed by atoms with Gasteiger partial charge in [-0.25, -0.2) is 4.98 Å². The Bertz CT molecular complexity index is 1050. The van der Waals surface area contributed by atoms with E-state index in [1.807, 2.05) is 34.9 Å². The number of rotatable bonds is 7. The predicted molar refractivity (Wildman–Crippen MR) is 113 cm³/mol. The summed E-state index contributed by atoms with van der Waals surface area (Å²) in [5, 5.41) is 3.36. The molecular weight excluding hydrogens is 427 g/mol. The Hall–Kier alpha value is -2.52. The number of halogens is 3. The van der Waals surface area contributed by atoms with Crippen LogP contribution in [-0.2, 0) is 22.3 Å². The minimum Gasteiger partial charge on any atom is -0.376 e. The van der Waals surface area contributed by atoms with Crippen LogP contribution in [0.3, 0.4) is 0 Å². The fraction of sp³-hybridized carbons (Fsp3) is 0.364. The van der Waals surface area contributed by atoms with Gasteiger partial charge in [-0.1, -0.05) is 42.1 Å². The zero-order valence-electron chi connectivity index (χ0n) is 16.7. The summed E-state index contributed by atoms with van der Waals surface area (Å²) in [6, 6.07) is 13.2. The number of nitrogens with one attached hydrogen (secondary N) is 1. The molecule has 164 valence electrons. The Morgan fingerprint density at radius 3 is 2.74 bits per heavy atom. The molecule has 0 radical (unpaired) electrons. The highest BCUT2D eigenvalue weighted by Gasteiger charge is 2.31. The molecule has 1 N–H and O–H groups in total. The van der Waals surface area contributed by atoms with Crippen molar-refractivity contribution in [3.8, 4) is 0 Å². The van der Waals surface area contributed by atoms with Crippen LogP contribution in [0.15, 0.2) is 53.7 Å². The number of ether oxygens (including phenoxy) is 1. The van der Waals surface area contributed by atoms with Gasteiger partial charge >= 0.3 is 6.18 Å². The van der Waals surface area contributed by atoms with E-state index in [2.05, 4.69) is 10.3 Å². The van der Waals surface area contributed by atoms with Gasteiger partial charge in [0.05, 0.1) is 35.0 Å². The van der Waals surface area contributed by atoms with E-state index in [1.165, 1.54) is 17.8 Å². The number of benzene rings is 2. The van der Waals surface area contributed by atoms with Gasteiger partial charge < -0.3 is 14.6 Å². The number of carbonyl (C=O) groups is 1. The number of carbonyl (C=O) groups excluding carboxylic acids is 1. The van der Waals surface area contributed by atoms with Crippen molar-refractivity contribution in [1.29, 1.82) is 0 Å². The summed E-state index contributed by atoms with van der Waals surface area (Å²) in [5.74, 6) is -0.0356. The van der Waals surface area contributed by atoms with Crippen molar-refractivity contribution in [2.75, 3.05) is 18.9 Å². The van der Waals surface area contributed by atoms with Gasteiger partial charge in [0.2, 0.25) is 5.91 Å². The number of thioether (sulfide) groups is 1. The van der Waals surface area contributed by atoms with E-state index in [0.29, 0.717) is 23.8 Å². The zero-order chi connectivity index (χ0) is 21.8. The minimum absolute atomic E-state index is 0.0531. The van der Waals surface area contributed by atoms with Gasteiger partial charge in [0.1, 0.15) is 0 Å². The molecule has 1 saturated heterocycles. The van der Waals surface area contributed by atoms with E-state index in [4.69, 9.17) is 4.74 Å². The highest BCUT2D eigenvalue weighted by molar-refractivity contribution is 7.99. The first-order valence-electron chi connectivity index (χ1n) is 10.0. The number of hydrogen-bond donors (Lipinski definition) is 1. The first-order chi connectivity index (χ1) is 14.9. The standard InChI is InChI=1S/C22H22F3N3O2S/c23-22(24,25)16-8-9-19-18(11-16)27-21(28(19)13-15-5-2-1-3-6-15)31-14-20(29)26-12-17-7-4-10-30-17/h1-3,5-6,8-9,11,17H,4,7,10,12-14H2,(H,26,29)/t17-/m1/s1. The Kier molecular flexibility index (Phi) is 6.52. The maximum atomic E-state index is 13.1. The van der Waals surface area contributed by atoms with Crippen LogP contribution in [0.4, 0.5) is 13.2 Å². The van der Waals surface area contributed by atoms with E-state index in [-0.39, 0.29) is 23.3 Å². The van der Waals surface area contributed by atoms with Crippen LogP contribution in [0.2, 0.25) is 0 Å². The molecule has 31 heavy (non-hydrogen) atoms. The van der Waals surface area contributed by atoms with Crippen molar-refractivity contribution in [3.63, 3.8) is 0 Å². The number of imidazole rings is 1. The van der Waals surface area contributed by atoms with Crippen LogP contribution < -0.4 is 5.32 Å². The third kappa shape index (κ3) is 5.40. The molecule has 1 aromatic heterocycles. The highest BCUT2D eigenvalue weighted by atomic mass is 32.2. The molecule has 0 aliphatic carbocycles. The lowest BCUT2D eigenvalue weighted by molar-refractivity contribution is -0.137. The first-order valence-corrected chi connectivity index (χ1v) is 11.0. The summed E-state index contributed by atoms with van der Waals surface area (Å²) < 4.78 is 46.8. The summed E-state index contributed by atoms with van der Waals surface area (Å²) in [5.41, 5.74) is 1.11. The third-order valence-corrected chi connectivity index (χ3v) is 6.08. The van der Waals surface area contributed by atoms with Crippen LogP contribution in [-0.4, -0.2) is 40.5 Å². The van der Waals surface area contributed by atoms with E-state index in [1.54, 1.807) is 0 Å². The Morgan fingerprint density at radius 2 is 2.03 bits per heavy atom. The molecule has 2 aromatic carbocycles.